The molecule has 0 radical (unpaired) electrons. The van der Waals surface area contributed by atoms with Gasteiger partial charge in [0.25, 0.3) is 5.91 Å². The van der Waals surface area contributed by atoms with Crippen molar-refractivity contribution in [2.45, 2.75) is 13.0 Å². The highest BCUT2D eigenvalue weighted by Crippen LogP contribution is 2.36. The van der Waals surface area contributed by atoms with Crippen LogP contribution in [0.5, 0.6) is 5.75 Å². The van der Waals surface area contributed by atoms with Gasteiger partial charge in [0.1, 0.15) is 5.15 Å². The molecule has 0 N–H and O–H groups in total. The zero-order chi connectivity index (χ0) is 14.7. The van der Waals surface area contributed by atoms with Gasteiger partial charge in [0.15, 0.2) is 11.3 Å². The number of carbonyl (C=O) groups is 1. The highest BCUT2D eigenvalue weighted by atomic mass is 35.5. The maximum Gasteiger partial charge on any atom is 0.317 e. The maximum atomic E-state index is 11.6. The second kappa shape index (κ2) is 6.03. The summed E-state index contributed by atoms with van der Waals surface area (Å²) in [7, 11) is 3.08. The Morgan fingerprint density at radius 3 is 2.58 bits per heavy atom. The Labute approximate surface area is 119 Å². The minimum atomic E-state index is -0.936. The summed E-state index contributed by atoms with van der Waals surface area (Å²) in [6, 6.07) is 1.01. The molecule has 0 aliphatic rings. The topological polar surface area (TPSA) is 85.6 Å². The number of hydrogen-bond acceptors (Lipinski definition) is 5. The number of ether oxygens (including phenoxy) is 1. The first kappa shape index (κ1) is 15.5. The summed E-state index contributed by atoms with van der Waals surface area (Å²) in [5.74, 6) is -0.640. The number of rotatable bonds is 4. The summed E-state index contributed by atoms with van der Waals surface area (Å²) in [4.78, 5) is 26.8. The van der Waals surface area contributed by atoms with Gasteiger partial charge in [0.05, 0.1) is 11.0 Å². The average molecular weight is 308 g/mol. The molecule has 0 saturated heterocycles. The summed E-state index contributed by atoms with van der Waals surface area (Å²) in [6.45, 7) is 1.46. The minimum absolute atomic E-state index is 0.129. The molecule has 1 atom stereocenters. The predicted molar refractivity (Wildman–Crippen MR) is 69.7 cm³/mol. The molecule has 1 aromatic rings. The standard InChI is InChI=1S/C10H11Cl2N3O4/c1-5(10(16)14(2)3)19-8-6(15(17)18)4-7(11)13-9(8)12/h4-5H,1-3H3. The molecule has 1 unspecified atom stereocenters. The summed E-state index contributed by atoms with van der Waals surface area (Å²) in [6.07, 6.45) is -0.936. The van der Waals surface area contributed by atoms with Gasteiger partial charge < -0.3 is 9.64 Å². The SMILES string of the molecule is CC(Oc1c([N+](=O)[O-])cc(Cl)nc1Cl)C(=O)N(C)C. The van der Waals surface area contributed by atoms with Crippen LogP contribution in [0.2, 0.25) is 10.3 Å². The molecule has 1 aromatic heterocycles. The summed E-state index contributed by atoms with van der Waals surface area (Å²) >= 11 is 11.3. The molecule has 19 heavy (non-hydrogen) atoms. The highest BCUT2D eigenvalue weighted by molar-refractivity contribution is 6.33. The Hall–Kier alpha value is -1.60. The zero-order valence-corrected chi connectivity index (χ0v) is 11.9. The number of likely N-dealkylation sites (N-methyl/N-ethyl adjacent to an activating group) is 1. The number of halogens is 2. The van der Waals surface area contributed by atoms with Gasteiger partial charge in [-0.25, -0.2) is 4.98 Å². The van der Waals surface area contributed by atoms with Crippen LogP contribution in [-0.4, -0.2) is 40.9 Å². The number of amides is 1. The van der Waals surface area contributed by atoms with Gasteiger partial charge in [-0.15, -0.1) is 0 Å². The molecule has 1 heterocycles. The Morgan fingerprint density at radius 2 is 2.11 bits per heavy atom. The molecule has 0 spiro atoms. The van der Waals surface area contributed by atoms with Crippen molar-refractivity contribution in [3.8, 4) is 5.75 Å². The second-order valence-corrected chi connectivity index (χ2v) is 4.58. The molecule has 1 rings (SSSR count). The smallest absolute Gasteiger partial charge is 0.317 e. The van der Waals surface area contributed by atoms with Gasteiger partial charge in [-0.2, -0.15) is 0 Å². The van der Waals surface area contributed by atoms with Crippen molar-refractivity contribution in [2.75, 3.05) is 14.1 Å². The third-order valence-electron chi connectivity index (χ3n) is 2.16. The molecule has 1 amide bonds. The van der Waals surface area contributed by atoms with Crippen molar-refractivity contribution in [3.63, 3.8) is 0 Å². The Morgan fingerprint density at radius 1 is 1.53 bits per heavy atom. The fourth-order valence-electron chi connectivity index (χ4n) is 1.30. The van der Waals surface area contributed by atoms with Crippen LogP contribution in [0.3, 0.4) is 0 Å². The molecule has 0 bridgehead atoms. The van der Waals surface area contributed by atoms with E-state index in [2.05, 4.69) is 4.98 Å². The van der Waals surface area contributed by atoms with Crippen molar-refractivity contribution in [2.24, 2.45) is 0 Å². The Bertz CT molecular complexity index is 522. The van der Waals surface area contributed by atoms with E-state index in [0.29, 0.717) is 0 Å². The van der Waals surface area contributed by atoms with Crippen molar-refractivity contribution in [3.05, 3.63) is 26.5 Å². The molecule has 0 aliphatic heterocycles. The van der Waals surface area contributed by atoms with E-state index in [1.165, 1.54) is 11.8 Å². The Balaban J connectivity index is 3.13. The molecule has 104 valence electrons. The highest BCUT2D eigenvalue weighted by Gasteiger charge is 2.26. The third kappa shape index (κ3) is 3.68. The van der Waals surface area contributed by atoms with Gasteiger partial charge in [0.2, 0.25) is 5.75 Å². The molecular weight excluding hydrogens is 297 g/mol. The first-order valence-electron chi connectivity index (χ1n) is 5.12. The minimum Gasteiger partial charge on any atom is -0.472 e. The average Bonchev–Trinajstić information content (AvgIpc) is 2.30. The van der Waals surface area contributed by atoms with Gasteiger partial charge in [-0.05, 0) is 6.92 Å². The number of aromatic nitrogens is 1. The second-order valence-electron chi connectivity index (χ2n) is 3.83. The molecular formula is C10H11Cl2N3O4. The lowest BCUT2D eigenvalue weighted by Gasteiger charge is -2.18. The maximum absolute atomic E-state index is 11.6. The van der Waals surface area contributed by atoms with Crippen LogP contribution in [0.4, 0.5) is 5.69 Å². The number of pyridine rings is 1. The molecule has 0 fully saturated rings. The van der Waals surface area contributed by atoms with E-state index in [4.69, 9.17) is 27.9 Å². The molecule has 7 nitrogen and oxygen atoms in total. The lowest BCUT2D eigenvalue weighted by molar-refractivity contribution is -0.386. The van der Waals surface area contributed by atoms with Crippen molar-refractivity contribution < 1.29 is 14.5 Å². The fraction of sp³-hybridized carbons (Fsp3) is 0.400. The lowest BCUT2D eigenvalue weighted by atomic mass is 10.3. The largest absolute Gasteiger partial charge is 0.472 e. The normalized spacial score (nSPS) is 11.8. The molecule has 0 saturated carbocycles. The summed E-state index contributed by atoms with van der Waals surface area (Å²) in [5.41, 5.74) is -0.441. The van der Waals surface area contributed by atoms with Crippen molar-refractivity contribution in [1.82, 2.24) is 9.88 Å². The van der Waals surface area contributed by atoms with E-state index in [1.807, 2.05) is 0 Å². The van der Waals surface area contributed by atoms with E-state index in [0.717, 1.165) is 6.07 Å². The van der Waals surface area contributed by atoms with E-state index in [-0.39, 0.29) is 22.0 Å². The zero-order valence-electron chi connectivity index (χ0n) is 10.4. The van der Waals surface area contributed by atoms with Gasteiger partial charge >= 0.3 is 5.69 Å². The van der Waals surface area contributed by atoms with Crippen LogP contribution in [0.25, 0.3) is 0 Å². The fourth-order valence-corrected chi connectivity index (χ4v) is 1.76. The number of nitro groups is 1. The van der Waals surface area contributed by atoms with Crippen LogP contribution in [0.15, 0.2) is 6.07 Å². The van der Waals surface area contributed by atoms with E-state index < -0.39 is 16.7 Å². The van der Waals surface area contributed by atoms with Gasteiger partial charge in [-0.1, -0.05) is 23.2 Å². The quantitative estimate of drug-likeness (QED) is 0.483. The van der Waals surface area contributed by atoms with Crippen molar-refractivity contribution >= 4 is 34.8 Å². The molecule has 0 aliphatic carbocycles. The van der Waals surface area contributed by atoms with Gasteiger partial charge in [-0.3, -0.25) is 14.9 Å². The van der Waals surface area contributed by atoms with E-state index in [1.54, 1.807) is 14.1 Å². The van der Waals surface area contributed by atoms with E-state index in [9.17, 15) is 14.9 Å². The van der Waals surface area contributed by atoms with Crippen molar-refractivity contribution in [1.29, 1.82) is 0 Å². The third-order valence-corrected chi connectivity index (χ3v) is 2.61. The van der Waals surface area contributed by atoms with Crippen LogP contribution in [0, 0.1) is 10.1 Å². The molecule has 9 heteroatoms. The van der Waals surface area contributed by atoms with Crippen LogP contribution in [0.1, 0.15) is 6.92 Å². The first-order chi connectivity index (χ1) is 8.73. The number of nitrogens with zero attached hydrogens (tertiary/aromatic N) is 3. The summed E-state index contributed by atoms with van der Waals surface area (Å²) < 4.78 is 5.23. The number of carbonyl (C=O) groups excluding carboxylic acids is 1. The monoisotopic (exact) mass is 307 g/mol. The van der Waals surface area contributed by atoms with Gasteiger partial charge in [0, 0.05) is 14.1 Å². The number of hydrogen-bond donors (Lipinski definition) is 0. The van der Waals surface area contributed by atoms with Crippen LogP contribution >= 0.6 is 23.2 Å². The van der Waals surface area contributed by atoms with E-state index >= 15 is 0 Å². The van der Waals surface area contributed by atoms with Crippen LogP contribution < -0.4 is 4.74 Å². The van der Waals surface area contributed by atoms with Crippen LogP contribution in [-0.2, 0) is 4.79 Å². The predicted octanol–water partition coefficient (Wildman–Crippen LogP) is 2.15. The summed E-state index contributed by atoms with van der Waals surface area (Å²) in [5, 5.41) is 10.5. The lowest BCUT2D eigenvalue weighted by Crippen LogP contribution is -2.35. The molecule has 0 aromatic carbocycles. The first-order valence-corrected chi connectivity index (χ1v) is 5.88. The Kier molecular flexibility index (Phi) is 4.90.